The van der Waals surface area contributed by atoms with Gasteiger partial charge in [-0.3, -0.25) is 4.79 Å². The molecule has 0 unspecified atom stereocenters. The van der Waals surface area contributed by atoms with Gasteiger partial charge in [-0.2, -0.15) is 0 Å². The number of morpholine rings is 1. The summed E-state index contributed by atoms with van der Waals surface area (Å²) in [7, 11) is 2.00. The third kappa shape index (κ3) is 2.45. The molecule has 20 heavy (non-hydrogen) atoms. The van der Waals surface area contributed by atoms with Gasteiger partial charge in [0.25, 0.3) is 5.91 Å². The maximum Gasteiger partial charge on any atom is 0.253 e. The van der Waals surface area contributed by atoms with Crippen LogP contribution in [0.2, 0.25) is 0 Å². The van der Waals surface area contributed by atoms with E-state index in [0.29, 0.717) is 26.4 Å². The number of aryl methyl sites for hydroxylation is 1. The van der Waals surface area contributed by atoms with Gasteiger partial charge in [0, 0.05) is 25.5 Å². The molecule has 1 amide bonds. The second-order valence-corrected chi connectivity index (χ2v) is 5.25. The molecule has 108 valence electrons. The SMILES string of the molecule is Cn1cccc1[C@H]1COCCN1C(=O)C1=COCCC1. The Morgan fingerprint density at radius 2 is 2.30 bits per heavy atom. The number of nitrogens with zero attached hydrogens (tertiary/aromatic N) is 2. The molecule has 2 aliphatic rings. The van der Waals surface area contributed by atoms with Gasteiger partial charge < -0.3 is 18.9 Å². The monoisotopic (exact) mass is 276 g/mol. The van der Waals surface area contributed by atoms with Crippen LogP contribution in [0.5, 0.6) is 0 Å². The first-order valence-corrected chi connectivity index (χ1v) is 7.08. The maximum atomic E-state index is 12.7. The van der Waals surface area contributed by atoms with Gasteiger partial charge in [0.1, 0.15) is 0 Å². The van der Waals surface area contributed by atoms with Gasteiger partial charge in [0.05, 0.1) is 37.7 Å². The molecule has 2 aliphatic heterocycles. The third-order valence-electron chi connectivity index (χ3n) is 3.92. The smallest absolute Gasteiger partial charge is 0.253 e. The van der Waals surface area contributed by atoms with Crippen LogP contribution in [0.3, 0.4) is 0 Å². The summed E-state index contributed by atoms with van der Waals surface area (Å²) in [5, 5.41) is 0. The summed E-state index contributed by atoms with van der Waals surface area (Å²) in [4.78, 5) is 14.6. The van der Waals surface area contributed by atoms with Crippen molar-refractivity contribution in [1.29, 1.82) is 0 Å². The zero-order valence-corrected chi connectivity index (χ0v) is 11.7. The van der Waals surface area contributed by atoms with Gasteiger partial charge in [-0.1, -0.05) is 0 Å². The summed E-state index contributed by atoms with van der Waals surface area (Å²) in [6.45, 7) is 2.49. The molecule has 0 aliphatic carbocycles. The second kappa shape index (κ2) is 5.71. The van der Waals surface area contributed by atoms with E-state index in [1.54, 1.807) is 6.26 Å². The fraction of sp³-hybridized carbons (Fsp3) is 0.533. The fourth-order valence-corrected chi connectivity index (χ4v) is 2.82. The highest BCUT2D eigenvalue weighted by Gasteiger charge is 2.32. The fourth-order valence-electron chi connectivity index (χ4n) is 2.82. The first-order chi connectivity index (χ1) is 9.77. The highest BCUT2D eigenvalue weighted by Crippen LogP contribution is 2.27. The van der Waals surface area contributed by atoms with Gasteiger partial charge in [-0.05, 0) is 25.0 Å². The molecule has 3 heterocycles. The summed E-state index contributed by atoms with van der Waals surface area (Å²) < 4.78 is 12.9. The van der Waals surface area contributed by atoms with Crippen LogP contribution in [-0.2, 0) is 21.3 Å². The van der Waals surface area contributed by atoms with E-state index in [2.05, 4.69) is 0 Å². The number of rotatable bonds is 2. The molecule has 1 saturated heterocycles. The molecule has 0 spiro atoms. The predicted molar refractivity (Wildman–Crippen MR) is 74.0 cm³/mol. The van der Waals surface area contributed by atoms with E-state index in [-0.39, 0.29) is 11.9 Å². The van der Waals surface area contributed by atoms with E-state index < -0.39 is 0 Å². The Morgan fingerprint density at radius 3 is 3.00 bits per heavy atom. The van der Waals surface area contributed by atoms with Crippen LogP contribution in [-0.4, -0.2) is 41.7 Å². The molecule has 1 aromatic rings. The second-order valence-electron chi connectivity index (χ2n) is 5.25. The standard InChI is InChI=1S/C15H20N2O3/c1-16-6-2-5-13(16)14-11-20-9-7-17(14)15(18)12-4-3-8-19-10-12/h2,5-6,10,14H,3-4,7-9,11H2,1H3/t14-/m1/s1. The minimum Gasteiger partial charge on any atom is -0.501 e. The van der Waals surface area contributed by atoms with Crippen molar-refractivity contribution in [3.8, 4) is 0 Å². The van der Waals surface area contributed by atoms with E-state index in [0.717, 1.165) is 24.1 Å². The van der Waals surface area contributed by atoms with Crippen LogP contribution >= 0.6 is 0 Å². The molecule has 5 nitrogen and oxygen atoms in total. The Labute approximate surface area is 118 Å². The van der Waals surface area contributed by atoms with Crippen LogP contribution < -0.4 is 0 Å². The summed E-state index contributed by atoms with van der Waals surface area (Å²) in [6.07, 6.45) is 5.34. The van der Waals surface area contributed by atoms with Crippen molar-refractivity contribution >= 4 is 5.91 Å². The zero-order valence-electron chi connectivity index (χ0n) is 11.7. The van der Waals surface area contributed by atoms with Crippen molar-refractivity contribution in [2.45, 2.75) is 18.9 Å². The van der Waals surface area contributed by atoms with Crippen LogP contribution in [0.25, 0.3) is 0 Å². The van der Waals surface area contributed by atoms with Gasteiger partial charge >= 0.3 is 0 Å². The summed E-state index contributed by atoms with van der Waals surface area (Å²) >= 11 is 0. The van der Waals surface area contributed by atoms with Crippen molar-refractivity contribution in [3.05, 3.63) is 35.9 Å². The highest BCUT2D eigenvalue weighted by atomic mass is 16.5. The van der Waals surface area contributed by atoms with Crippen molar-refractivity contribution in [2.75, 3.05) is 26.4 Å². The molecule has 1 atom stereocenters. The van der Waals surface area contributed by atoms with Crippen LogP contribution in [0.1, 0.15) is 24.6 Å². The number of hydrogen-bond donors (Lipinski definition) is 0. The summed E-state index contributed by atoms with van der Waals surface area (Å²) in [6, 6.07) is 4.03. The molecular weight excluding hydrogens is 256 g/mol. The molecule has 0 N–H and O–H groups in total. The quantitative estimate of drug-likeness (QED) is 0.824. The van der Waals surface area contributed by atoms with Gasteiger partial charge in [0.2, 0.25) is 0 Å². The summed E-state index contributed by atoms with van der Waals surface area (Å²) in [5.74, 6) is 0.0826. The molecule has 0 saturated carbocycles. The van der Waals surface area contributed by atoms with Crippen LogP contribution in [0.15, 0.2) is 30.2 Å². The Morgan fingerprint density at radius 1 is 1.40 bits per heavy atom. The lowest BCUT2D eigenvalue weighted by Crippen LogP contribution is -2.44. The molecular formula is C15H20N2O3. The normalized spacial score (nSPS) is 23.1. The first kappa shape index (κ1) is 13.2. The van der Waals surface area contributed by atoms with Crippen LogP contribution in [0.4, 0.5) is 0 Å². The van der Waals surface area contributed by atoms with Gasteiger partial charge in [-0.25, -0.2) is 0 Å². The lowest BCUT2D eigenvalue weighted by Gasteiger charge is -2.36. The average Bonchev–Trinajstić information content (AvgIpc) is 2.93. The lowest BCUT2D eigenvalue weighted by atomic mass is 10.1. The maximum absolute atomic E-state index is 12.7. The van der Waals surface area contributed by atoms with Gasteiger partial charge in [0.15, 0.2) is 0 Å². The Kier molecular flexibility index (Phi) is 3.78. The largest absolute Gasteiger partial charge is 0.501 e. The Bertz CT molecular complexity index is 521. The van der Waals surface area contributed by atoms with Crippen molar-refractivity contribution in [2.24, 2.45) is 7.05 Å². The predicted octanol–water partition coefficient (Wildman–Crippen LogP) is 1.62. The van der Waals surface area contributed by atoms with E-state index >= 15 is 0 Å². The Hall–Kier alpha value is -1.75. The third-order valence-corrected chi connectivity index (χ3v) is 3.92. The number of aromatic nitrogens is 1. The number of carbonyl (C=O) groups excluding carboxylic acids is 1. The van der Waals surface area contributed by atoms with Gasteiger partial charge in [-0.15, -0.1) is 0 Å². The number of hydrogen-bond acceptors (Lipinski definition) is 3. The lowest BCUT2D eigenvalue weighted by molar-refractivity contribution is -0.136. The number of ether oxygens (including phenoxy) is 2. The number of amides is 1. The zero-order chi connectivity index (χ0) is 13.9. The molecule has 0 aromatic carbocycles. The molecule has 5 heteroatoms. The van der Waals surface area contributed by atoms with Crippen molar-refractivity contribution in [3.63, 3.8) is 0 Å². The molecule has 0 radical (unpaired) electrons. The van der Waals surface area contributed by atoms with Crippen molar-refractivity contribution < 1.29 is 14.3 Å². The van der Waals surface area contributed by atoms with Crippen LogP contribution in [0, 0.1) is 0 Å². The minimum absolute atomic E-state index is 0.0147. The topological polar surface area (TPSA) is 43.7 Å². The highest BCUT2D eigenvalue weighted by molar-refractivity contribution is 5.93. The molecule has 0 bridgehead atoms. The average molecular weight is 276 g/mol. The molecule has 3 rings (SSSR count). The van der Waals surface area contributed by atoms with E-state index in [9.17, 15) is 4.79 Å². The molecule has 1 fully saturated rings. The first-order valence-electron chi connectivity index (χ1n) is 7.08. The molecule has 1 aromatic heterocycles. The van der Waals surface area contributed by atoms with E-state index in [4.69, 9.17) is 9.47 Å². The summed E-state index contributed by atoms with van der Waals surface area (Å²) in [5.41, 5.74) is 1.88. The van der Waals surface area contributed by atoms with E-state index in [1.165, 1.54) is 0 Å². The Balaban J connectivity index is 1.83. The van der Waals surface area contributed by atoms with Crippen molar-refractivity contribution in [1.82, 2.24) is 9.47 Å². The number of carbonyl (C=O) groups is 1. The minimum atomic E-state index is -0.0147. The van der Waals surface area contributed by atoms with E-state index in [1.807, 2.05) is 34.8 Å².